The van der Waals surface area contributed by atoms with Gasteiger partial charge in [0, 0.05) is 16.7 Å². The molecule has 1 heterocycles. The molecule has 2 rings (SSSR count). The number of hydrogen-bond donors (Lipinski definition) is 1. The number of rotatable bonds is 7. The summed E-state index contributed by atoms with van der Waals surface area (Å²) in [6.45, 7) is 3.62. The van der Waals surface area contributed by atoms with Crippen LogP contribution in [0.25, 0.3) is 11.3 Å². The second kappa shape index (κ2) is 7.85. The highest BCUT2D eigenvalue weighted by atomic mass is 32.2. The standard InChI is InChI=1S/C15H16N2O2S2/c1-3-8-20-10-14(18)17-15-16-13(9-21-15)11-4-6-12(19-2)7-5-11/h3-7,9H,1,8,10H2,2H3,(H,16,17,18). The summed E-state index contributed by atoms with van der Waals surface area (Å²) < 4.78 is 5.13. The van der Waals surface area contributed by atoms with E-state index in [1.807, 2.05) is 29.6 Å². The second-order valence-corrected chi connectivity index (χ2v) is 6.01. The van der Waals surface area contributed by atoms with Crippen LogP contribution < -0.4 is 10.1 Å². The number of ether oxygens (including phenoxy) is 1. The molecule has 0 aliphatic carbocycles. The molecule has 1 amide bonds. The van der Waals surface area contributed by atoms with Crippen molar-refractivity contribution in [2.45, 2.75) is 0 Å². The van der Waals surface area contributed by atoms with Crippen molar-refractivity contribution < 1.29 is 9.53 Å². The molecule has 21 heavy (non-hydrogen) atoms. The van der Waals surface area contributed by atoms with Gasteiger partial charge in [0.2, 0.25) is 5.91 Å². The maximum atomic E-state index is 11.7. The Kier molecular flexibility index (Phi) is 5.83. The lowest BCUT2D eigenvalue weighted by Crippen LogP contribution is -2.13. The van der Waals surface area contributed by atoms with E-state index in [4.69, 9.17) is 4.74 Å². The van der Waals surface area contributed by atoms with E-state index < -0.39 is 0 Å². The molecule has 0 fully saturated rings. The number of carbonyl (C=O) groups is 1. The molecular weight excluding hydrogens is 304 g/mol. The first-order valence-electron chi connectivity index (χ1n) is 6.31. The number of hydrogen-bond acceptors (Lipinski definition) is 5. The number of nitrogens with zero attached hydrogens (tertiary/aromatic N) is 1. The van der Waals surface area contributed by atoms with Crippen LogP contribution in [0.4, 0.5) is 5.13 Å². The minimum absolute atomic E-state index is 0.0440. The number of thiazole rings is 1. The van der Waals surface area contributed by atoms with Gasteiger partial charge in [-0.15, -0.1) is 29.7 Å². The van der Waals surface area contributed by atoms with Crippen LogP contribution in [0.5, 0.6) is 5.75 Å². The SMILES string of the molecule is C=CCSCC(=O)Nc1nc(-c2ccc(OC)cc2)cs1. The molecular formula is C15H16N2O2S2. The predicted molar refractivity (Wildman–Crippen MR) is 90.3 cm³/mol. The topological polar surface area (TPSA) is 51.2 Å². The van der Waals surface area contributed by atoms with E-state index in [0.717, 1.165) is 22.8 Å². The number of carbonyl (C=O) groups excluding carboxylic acids is 1. The lowest BCUT2D eigenvalue weighted by molar-refractivity contribution is -0.113. The van der Waals surface area contributed by atoms with Crippen LogP contribution in [-0.2, 0) is 4.79 Å². The first kappa shape index (κ1) is 15.6. The van der Waals surface area contributed by atoms with Crippen molar-refractivity contribution in [1.82, 2.24) is 4.98 Å². The fourth-order valence-electron chi connectivity index (χ4n) is 1.62. The number of thioether (sulfide) groups is 1. The third-order valence-electron chi connectivity index (χ3n) is 2.61. The van der Waals surface area contributed by atoms with E-state index in [0.29, 0.717) is 10.9 Å². The minimum atomic E-state index is -0.0440. The molecule has 0 saturated carbocycles. The van der Waals surface area contributed by atoms with Gasteiger partial charge in [-0.25, -0.2) is 4.98 Å². The zero-order chi connectivity index (χ0) is 15.1. The van der Waals surface area contributed by atoms with Crippen molar-refractivity contribution in [1.29, 1.82) is 0 Å². The number of benzene rings is 1. The molecule has 0 aliphatic heterocycles. The first-order chi connectivity index (χ1) is 10.2. The fraction of sp³-hybridized carbons (Fsp3) is 0.200. The summed E-state index contributed by atoms with van der Waals surface area (Å²) >= 11 is 2.94. The molecule has 1 N–H and O–H groups in total. The Morgan fingerprint density at radius 1 is 1.48 bits per heavy atom. The molecule has 0 spiro atoms. The quantitative estimate of drug-likeness (QED) is 0.624. The van der Waals surface area contributed by atoms with E-state index in [9.17, 15) is 4.79 Å². The third kappa shape index (κ3) is 4.61. The Morgan fingerprint density at radius 2 is 2.24 bits per heavy atom. The summed E-state index contributed by atoms with van der Waals surface area (Å²) in [6, 6.07) is 7.66. The Bertz CT molecular complexity index is 608. The summed E-state index contributed by atoms with van der Waals surface area (Å²) in [6.07, 6.45) is 1.78. The Hall–Kier alpha value is -1.79. The molecule has 110 valence electrons. The lowest BCUT2D eigenvalue weighted by Gasteiger charge is -2.01. The average Bonchev–Trinajstić information content (AvgIpc) is 2.96. The van der Waals surface area contributed by atoms with Gasteiger partial charge in [-0.1, -0.05) is 6.08 Å². The smallest absolute Gasteiger partial charge is 0.236 e. The number of amides is 1. The first-order valence-corrected chi connectivity index (χ1v) is 8.35. The maximum absolute atomic E-state index is 11.7. The van der Waals surface area contributed by atoms with Crippen molar-refractivity contribution in [3.63, 3.8) is 0 Å². The van der Waals surface area contributed by atoms with Crippen LogP contribution in [0, 0.1) is 0 Å². The molecule has 0 aliphatic rings. The van der Waals surface area contributed by atoms with Crippen molar-refractivity contribution in [3.8, 4) is 17.0 Å². The van der Waals surface area contributed by atoms with Gasteiger partial charge in [-0.2, -0.15) is 0 Å². The van der Waals surface area contributed by atoms with Gasteiger partial charge in [0.25, 0.3) is 0 Å². The van der Waals surface area contributed by atoms with Crippen molar-refractivity contribution in [2.75, 3.05) is 23.9 Å². The normalized spacial score (nSPS) is 10.1. The Balaban J connectivity index is 1.97. The molecule has 0 saturated heterocycles. The van der Waals surface area contributed by atoms with Crippen LogP contribution in [0.3, 0.4) is 0 Å². The van der Waals surface area contributed by atoms with Gasteiger partial charge in [0.1, 0.15) is 5.75 Å². The highest BCUT2D eigenvalue weighted by molar-refractivity contribution is 8.00. The van der Waals surface area contributed by atoms with E-state index >= 15 is 0 Å². The monoisotopic (exact) mass is 320 g/mol. The molecule has 0 radical (unpaired) electrons. The maximum Gasteiger partial charge on any atom is 0.236 e. The molecule has 1 aromatic heterocycles. The predicted octanol–water partition coefficient (Wildman–Crippen LogP) is 3.68. The van der Waals surface area contributed by atoms with E-state index in [-0.39, 0.29) is 5.91 Å². The highest BCUT2D eigenvalue weighted by Gasteiger charge is 2.08. The van der Waals surface area contributed by atoms with Crippen LogP contribution in [0.2, 0.25) is 0 Å². The number of methoxy groups -OCH3 is 1. The highest BCUT2D eigenvalue weighted by Crippen LogP contribution is 2.26. The molecule has 0 unspecified atom stereocenters. The van der Waals surface area contributed by atoms with E-state index in [1.54, 1.807) is 13.2 Å². The zero-order valence-corrected chi connectivity index (χ0v) is 13.3. The summed E-state index contributed by atoms with van der Waals surface area (Å²) in [5.74, 6) is 1.94. The average molecular weight is 320 g/mol. The Morgan fingerprint density at radius 3 is 2.90 bits per heavy atom. The second-order valence-electron chi connectivity index (χ2n) is 4.12. The van der Waals surface area contributed by atoms with Crippen LogP contribution in [-0.4, -0.2) is 29.5 Å². The summed E-state index contributed by atoms with van der Waals surface area (Å²) in [5.41, 5.74) is 1.84. The number of anilines is 1. The van der Waals surface area contributed by atoms with Gasteiger partial charge in [-0.05, 0) is 24.3 Å². The summed E-state index contributed by atoms with van der Waals surface area (Å²) in [4.78, 5) is 16.1. The van der Waals surface area contributed by atoms with E-state index in [2.05, 4.69) is 16.9 Å². The molecule has 2 aromatic rings. The van der Waals surface area contributed by atoms with Gasteiger partial charge < -0.3 is 10.1 Å². The van der Waals surface area contributed by atoms with Gasteiger partial charge >= 0.3 is 0 Å². The molecule has 6 heteroatoms. The van der Waals surface area contributed by atoms with Gasteiger partial charge in [0.15, 0.2) is 5.13 Å². The van der Waals surface area contributed by atoms with Crippen LogP contribution >= 0.6 is 23.1 Å². The third-order valence-corrected chi connectivity index (χ3v) is 4.30. The minimum Gasteiger partial charge on any atom is -0.497 e. The molecule has 4 nitrogen and oxygen atoms in total. The van der Waals surface area contributed by atoms with Crippen molar-refractivity contribution in [2.24, 2.45) is 0 Å². The number of nitrogens with one attached hydrogen (secondary N) is 1. The lowest BCUT2D eigenvalue weighted by atomic mass is 10.2. The van der Waals surface area contributed by atoms with Gasteiger partial charge in [-0.3, -0.25) is 4.79 Å². The fourth-order valence-corrected chi connectivity index (χ4v) is 2.89. The molecule has 1 aromatic carbocycles. The van der Waals surface area contributed by atoms with Crippen LogP contribution in [0.15, 0.2) is 42.3 Å². The van der Waals surface area contributed by atoms with Crippen LogP contribution in [0.1, 0.15) is 0 Å². The molecule has 0 atom stereocenters. The summed E-state index contributed by atoms with van der Waals surface area (Å²) in [5, 5.41) is 5.34. The Labute approximate surface area is 132 Å². The van der Waals surface area contributed by atoms with Crippen molar-refractivity contribution in [3.05, 3.63) is 42.3 Å². The van der Waals surface area contributed by atoms with Crippen molar-refractivity contribution >= 4 is 34.1 Å². The van der Waals surface area contributed by atoms with E-state index in [1.165, 1.54) is 23.1 Å². The van der Waals surface area contributed by atoms with Gasteiger partial charge in [0.05, 0.1) is 18.6 Å². The summed E-state index contributed by atoms with van der Waals surface area (Å²) in [7, 11) is 1.63. The molecule has 0 bridgehead atoms. The largest absolute Gasteiger partial charge is 0.497 e. The zero-order valence-electron chi connectivity index (χ0n) is 11.7. The number of aromatic nitrogens is 1.